The molecule has 148 valence electrons. The van der Waals surface area contributed by atoms with Gasteiger partial charge in [-0.3, -0.25) is 0 Å². The van der Waals surface area contributed by atoms with Crippen LogP contribution in [0.2, 0.25) is 0 Å². The highest BCUT2D eigenvalue weighted by atomic mass is 16.5. The van der Waals surface area contributed by atoms with Crippen LogP contribution in [0.1, 0.15) is 11.1 Å². The number of carbonyl (C=O) groups excluding carboxylic acids is 1. The standard InChI is InChI=1S/C19H22N4O5/c1-25-15-7-5-13(9-17(15)27-3)11-20-22-19(24)23-21-12-14-6-8-16(26-2)18(10-14)28-4/h5-12H,1-4H3,(H2,22,23,24)/b20-11-,21-12-. The summed E-state index contributed by atoms with van der Waals surface area (Å²) in [5.41, 5.74) is 6.08. The molecule has 2 rings (SSSR count). The second-order valence-electron chi connectivity index (χ2n) is 5.30. The number of methoxy groups -OCH3 is 4. The van der Waals surface area contributed by atoms with Crippen molar-refractivity contribution >= 4 is 18.5 Å². The summed E-state index contributed by atoms with van der Waals surface area (Å²) in [6, 6.07) is 9.92. The van der Waals surface area contributed by atoms with Gasteiger partial charge in [0, 0.05) is 0 Å². The van der Waals surface area contributed by atoms with E-state index in [1.807, 2.05) is 0 Å². The van der Waals surface area contributed by atoms with Crippen molar-refractivity contribution in [2.24, 2.45) is 10.2 Å². The Morgan fingerprint density at radius 3 is 1.46 bits per heavy atom. The highest BCUT2D eigenvalue weighted by Crippen LogP contribution is 2.27. The maximum atomic E-state index is 11.7. The second-order valence-corrected chi connectivity index (χ2v) is 5.30. The summed E-state index contributed by atoms with van der Waals surface area (Å²) in [7, 11) is 6.20. The fourth-order valence-electron chi connectivity index (χ4n) is 2.22. The van der Waals surface area contributed by atoms with Crippen LogP contribution < -0.4 is 29.8 Å². The molecule has 0 aliphatic heterocycles. The molecular formula is C19H22N4O5. The Balaban J connectivity index is 1.89. The molecule has 2 amide bonds. The van der Waals surface area contributed by atoms with Crippen LogP contribution in [0.3, 0.4) is 0 Å². The first kappa shape index (κ1) is 20.6. The lowest BCUT2D eigenvalue weighted by Gasteiger charge is -2.07. The zero-order chi connectivity index (χ0) is 20.4. The number of benzene rings is 2. The first-order valence-corrected chi connectivity index (χ1v) is 8.17. The largest absolute Gasteiger partial charge is 0.493 e. The third-order valence-electron chi connectivity index (χ3n) is 3.57. The number of hydrogen-bond acceptors (Lipinski definition) is 7. The number of hydrogen-bond donors (Lipinski definition) is 2. The second kappa shape index (κ2) is 10.4. The van der Waals surface area contributed by atoms with Crippen molar-refractivity contribution in [2.45, 2.75) is 0 Å². The average Bonchev–Trinajstić information content (AvgIpc) is 2.73. The van der Waals surface area contributed by atoms with E-state index in [0.29, 0.717) is 23.0 Å². The third kappa shape index (κ3) is 5.63. The van der Waals surface area contributed by atoms with Crippen molar-refractivity contribution in [3.05, 3.63) is 47.5 Å². The molecule has 2 N–H and O–H groups in total. The lowest BCUT2D eigenvalue weighted by molar-refractivity contribution is 0.242. The summed E-state index contributed by atoms with van der Waals surface area (Å²) >= 11 is 0. The van der Waals surface area contributed by atoms with Crippen LogP contribution in [0.4, 0.5) is 4.79 Å². The SMILES string of the molecule is COc1ccc(/C=N\NC(=O)N/N=C\c2ccc(OC)c(OC)c2)cc1OC. The monoisotopic (exact) mass is 386 g/mol. The molecule has 9 nitrogen and oxygen atoms in total. The van der Waals surface area contributed by atoms with Crippen molar-refractivity contribution < 1.29 is 23.7 Å². The van der Waals surface area contributed by atoms with Crippen LogP contribution in [-0.2, 0) is 0 Å². The molecule has 0 fully saturated rings. The van der Waals surface area contributed by atoms with Gasteiger partial charge in [0.05, 0.1) is 40.9 Å². The van der Waals surface area contributed by atoms with Crippen LogP contribution >= 0.6 is 0 Å². The van der Waals surface area contributed by atoms with Gasteiger partial charge in [0.2, 0.25) is 0 Å². The van der Waals surface area contributed by atoms with E-state index in [2.05, 4.69) is 21.1 Å². The van der Waals surface area contributed by atoms with Gasteiger partial charge in [-0.2, -0.15) is 10.2 Å². The van der Waals surface area contributed by atoms with Gasteiger partial charge in [0.1, 0.15) is 0 Å². The Morgan fingerprint density at radius 2 is 1.11 bits per heavy atom. The van der Waals surface area contributed by atoms with Crippen LogP contribution in [0.25, 0.3) is 0 Å². The molecule has 0 saturated carbocycles. The van der Waals surface area contributed by atoms with Crippen molar-refractivity contribution in [3.8, 4) is 23.0 Å². The minimum atomic E-state index is -0.589. The summed E-state index contributed by atoms with van der Waals surface area (Å²) < 4.78 is 20.7. The molecule has 9 heteroatoms. The zero-order valence-electron chi connectivity index (χ0n) is 16.1. The van der Waals surface area contributed by atoms with Gasteiger partial charge in [0.25, 0.3) is 0 Å². The van der Waals surface area contributed by atoms with Gasteiger partial charge in [-0.1, -0.05) is 0 Å². The third-order valence-corrected chi connectivity index (χ3v) is 3.57. The maximum absolute atomic E-state index is 11.7. The normalized spacial score (nSPS) is 10.7. The molecule has 0 aliphatic rings. The van der Waals surface area contributed by atoms with Gasteiger partial charge in [-0.05, 0) is 47.5 Å². The number of amides is 2. The number of hydrazone groups is 2. The van der Waals surface area contributed by atoms with Gasteiger partial charge in [0.15, 0.2) is 23.0 Å². The fraction of sp³-hybridized carbons (Fsp3) is 0.211. The van der Waals surface area contributed by atoms with Crippen molar-refractivity contribution in [1.29, 1.82) is 0 Å². The molecule has 0 radical (unpaired) electrons. The van der Waals surface area contributed by atoms with E-state index < -0.39 is 6.03 Å². The Bertz CT molecular complexity index is 798. The van der Waals surface area contributed by atoms with E-state index in [0.717, 1.165) is 11.1 Å². The molecule has 0 aliphatic carbocycles. The quantitative estimate of drug-likeness (QED) is 0.536. The van der Waals surface area contributed by atoms with E-state index in [1.165, 1.54) is 12.4 Å². The molecule has 0 aromatic heterocycles. The number of urea groups is 1. The van der Waals surface area contributed by atoms with Crippen LogP contribution in [0.15, 0.2) is 46.6 Å². The molecule has 0 heterocycles. The van der Waals surface area contributed by atoms with E-state index >= 15 is 0 Å². The van der Waals surface area contributed by atoms with Gasteiger partial charge >= 0.3 is 6.03 Å². The minimum Gasteiger partial charge on any atom is -0.493 e. The lowest BCUT2D eigenvalue weighted by atomic mass is 10.2. The average molecular weight is 386 g/mol. The summed E-state index contributed by atoms with van der Waals surface area (Å²) in [4.78, 5) is 11.7. The molecule has 2 aromatic carbocycles. The van der Waals surface area contributed by atoms with Crippen LogP contribution in [-0.4, -0.2) is 46.9 Å². The maximum Gasteiger partial charge on any atom is 0.355 e. The molecule has 0 spiro atoms. The van der Waals surface area contributed by atoms with Crippen molar-refractivity contribution in [3.63, 3.8) is 0 Å². The van der Waals surface area contributed by atoms with E-state index in [-0.39, 0.29) is 0 Å². The van der Waals surface area contributed by atoms with Crippen molar-refractivity contribution in [2.75, 3.05) is 28.4 Å². The number of carbonyl (C=O) groups is 1. The number of nitrogens with one attached hydrogen (secondary N) is 2. The molecular weight excluding hydrogens is 364 g/mol. The molecule has 0 bridgehead atoms. The van der Waals surface area contributed by atoms with Crippen molar-refractivity contribution in [1.82, 2.24) is 10.9 Å². The van der Waals surface area contributed by atoms with E-state index in [1.54, 1.807) is 64.8 Å². The summed E-state index contributed by atoms with van der Waals surface area (Å²) in [5.74, 6) is 2.34. The summed E-state index contributed by atoms with van der Waals surface area (Å²) in [6.45, 7) is 0. The van der Waals surface area contributed by atoms with Gasteiger partial charge in [-0.15, -0.1) is 0 Å². The minimum absolute atomic E-state index is 0.565. The zero-order valence-corrected chi connectivity index (χ0v) is 16.1. The lowest BCUT2D eigenvalue weighted by Crippen LogP contribution is -2.28. The topological polar surface area (TPSA) is 103 Å². The summed E-state index contributed by atoms with van der Waals surface area (Å²) in [5, 5.41) is 7.71. The van der Waals surface area contributed by atoms with Gasteiger partial charge < -0.3 is 18.9 Å². The molecule has 28 heavy (non-hydrogen) atoms. The molecule has 0 saturated heterocycles. The first-order chi connectivity index (χ1) is 13.6. The highest BCUT2D eigenvalue weighted by Gasteiger charge is 2.04. The Hall–Kier alpha value is -3.75. The first-order valence-electron chi connectivity index (χ1n) is 8.17. The summed E-state index contributed by atoms with van der Waals surface area (Å²) in [6.07, 6.45) is 2.94. The number of ether oxygens (including phenoxy) is 4. The molecule has 2 aromatic rings. The van der Waals surface area contributed by atoms with Gasteiger partial charge in [-0.25, -0.2) is 15.6 Å². The number of rotatable bonds is 8. The Kier molecular flexibility index (Phi) is 7.64. The Labute approximate surface area is 162 Å². The van der Waals surface area contributed by atoms with E-state index in [4.69, 9.17) is 18.9 Å². The fourth-order valence-corrected chi connectivity index (χ4v) is 2.22. The Morgan fingerprint density at radius 1 is 0.714 bits per heavy atom. The highest BCUT2D eigenvalue weighted by molar-refractivity contribution is 5.84. The number of nitrogens with zero attached hydrogens (tertiary/aromatic N) is 2. The van der Waals surface area contributed by atoms with Crippen LogP contribution in [0.5, 0.6) is 23.0 Å². The molecule has 0 unspecified atom stereocenters. The predicted octanol–water partition coefficient (Wildman–Crippen LogP) is 2.39. The van der Waals surface area contributed by atoms with E-state index in [9.17, 15) is 4.79 Å². The smallest absolute Gasteiger partial charge is 0.355 e. The molecule has 0 atom stereocenters. The van der Waals surface area contributed by atoms with Crippen LogP contribution in [0, 0.1) is 0 Å². The predicted molar refractivity (Wildman–Crippen MR) is 106 cm³/mol.